The molecule has 0 N–H and O–H groups in total. The number of benzene rings is 1. The number of unbranched alkanes of at least 4 members (excludes halogenated alkanes) is 2. The van der Waals surface area contributed by atoms with Crippen LogP contribution in [0.2, 0.25) is 0 Å². The number of halogens is 3. The van der Waals surface area contributed by atoms with Crippen LogP contribution < -0.4 is 0 Å². The number of hydrogen-bond donors (Lipinski definition) is 0. The first kappa shape index (κ1) is 19.9. The molecule has 0 aromatic heterocycles. The van der Waals surface area contributed by atoms with Gasteiger partial charge in [-0.05, 0) is 44.9 Å². The molecule has 3 nitrogen and oxygen atoms in total. The fraction of sp³-hybridized carbons (Fsp3) is 0.588. The second-order valence-corrected chi connectivity index (χ2v) is 7.32. The lowest BCUT2D eigenvalue weighted by atomic mass is 10.2. The van der Waals surface area contributed by atoms with Crippen LogP contribution in [0, 0.1) is 11.6 Å². The highest BCUT2D eigenvalue weighted by atomic mass is 79.9. The van der Waals surface area contributed by atoms with Crippen molar-refractivity contribution in [3.05, 3.63) is 33.8 Å². The fourth-order valence-electron chi connectivity index (χ4n) is 2.00. The number of hydrogen-bond acceptors (Lipinski definition) is 2. The van der Waals surface area contributed by atoms with E-state index in [0.717, 1.165) is 31.4 Å². The maximum Gasteiger partial charge on any atom is 0.410 e. The Morgan fingerprint density at radius 1 is 1.22 bits per heavy atom. The normalized spacial score (nSPS) is 11.4. The van der Waals surface area contributed by atoms with Crippen LogP contribution in [-0.4, -0.2) is 23.1 Å². The summed E-state index contributed by atoms with van der Waals surface area (Å²) in [6.45, 7) is 8.13. The molecule has 0 heterocycles. The standard InChI is InChI=1S/C17H24BrF2NO2/c1-5-6-7-8-21(16(22)23-17(2,3)4)11-12-9-14(19)15(20)10-13(12)18/h9-10H,5-8,11H2,1-4H3. The fourth-order valence-corrected chi connectivity index (χ4v) is 2.45. The summed E-state index contributed by atoms with van der Waals surface area (Å²) in [6.07, 6.45) is 2.39. The van der Waals surface area contributed by atoms with Gasteiger partial charge in [-0.25, -0.2) is 13.6 Å². The van der Waals surface area contributed by atoms with Gasteiger partial charge in [0.15, 0.2) is 11.6 Å². The minimum Gasteiger partial charge on any atom is -0.444 e. The Morgan fingerprint density at radius 2 is 1.83 bits per heavy atom. The Morgan fingerprint density at radius 3 is 2.39 bits per heavy atom. The minimum atomic E-state index is -0.930. The van der Waals surface area contributed by atoms with Crippen LogP contribution in [-0.2, 0) is 11.3 Å². The van der Waals surface area contributed by atoms with Crippen LogP contribution in [0.3, 0.4) is 0 Å². The summed E-state index contributed by atoms with van der Waals surface area (Å²) in [5.74, 6) is -1.85. The average molecular weight is 392 g/mol. The van der Waals surface area contributed by atoms with Crippen LogP contribution in [0.4, 0.5) is 13.6 Å². The smallest absolute Gasteiger partial charge is 0.410 e. The molecule has 0 aliphatic heterocycles. The lowest BCUT2D eigenvalue weighted by molar-refractivity contribution is 0.0230. The van der Waals surface area contributed by atoms with Crippen LogP contribution in [0.5, 0.6) is 0 Å². The molecule has 1 aromatic carbocycles. The first-order valence-electron chi connectivity index (χ1n) is 7.75. The third kappa shape index (κ3) is 6.85. The third-order valence-corrected chi connectivity index (χ3v) is 3.87. The van der Waals surface area contributed by atoms with Gasteiger partial charge in [-0.2, -0.15) is 0 Å². The quantitative estimate of drug-likeness (QED) is 0.462. The zero-order chi connectivity index (χ0) is 17.6. The molecule has 0 atom stereocenters. The summed E-state index contributed by atoms with van der Waals surface area (Å²) in [5, 5.41) is 0. The monoisotopic (exact) mass is 391 g/mol. The van der Waals surface area contributed by atoms with Gasteiger partial charge in [-0.1, -0.05) is 35.7 Å². The van der Waals surface area contributed by atoms with Gasteiger partial charge in [-0.15, -0.1) is 0 Å². The van der Waals surface area contributed by atoms with E-state index in [2.05, 4.69) is 22.9 Å². The summed E-state index contributed by atoms with van der Waals surface area (Å²) in [5.41, 5.74) is -0.1000. The van der Waals surface area contributed by atoms with Gasteiger partial charge in [0.1, 0.15) is 5.60 Å². The van der Waals surface area contributed by atoms with Crippen LogP contribution in [0.25, 0.3) is 0 Å². The predicted octanol–water partition coefficient (Wildman–Crippen LogP) is 5.65. The van der Waals surface area contributed by atoms with Gasteiger partial charge in [0.05, 0.1) is 6.54 Å². The van der Waals surface area contributed by atoms with Gasteiger partial charge < -0.3 is 9.64 Å². The molecule has 0 aliphatic carbocycles. The summed E-state index contributed by atoms with van der Waals surface area (Å²) in [6, 6.07) is 2.18. The lowest BCUT2D eigenvalue weighted by Crippen LogP contribution is -2.37. The van der Waals surface area contributed by atoms with Crippen molar-refractivity contribution in [1.29, 1.82) is 0 Å². The number of nitrogens with zero attached hydrogens (tertiary/aromatic N) is 1. The summed E-state index contributed by atoms with van der Waals surface area (Å²) in [7, 11) is 0. The molecule has 0 bridgehead atoms. The molecule has 0 saturated heterocycles. The second-order valence-electron chi connectivity index (χ2n) is 6.47. The Labute approximate surface area is 145 Å². The van der Waals surface area contributed by atoms with Crippen molar-refractivity contribution >= 4 is 22.0 Å². The molecule has 0 fully saturated rings. The molecular weight excluding hydrogens is 368 g/mol. The molecule has 0 unspecified atom stereocenters. The first-order valence-corrected chi connectivity index (χ1v) is 8.54. The van der Waals surface area contributed by atoms with Gasteiger partial charge in [-0.3, -0.25) is 0 Å². The number of rotatable bonds is 6. The number of carbonyl (C=O) groups is 1. The molecule has 0 aliphatic rings. The molecular formula is C17H24BrF2NO2. The van der Waals surface area contributed by atoms with E-state index in [1.807, 2.05) is 0 Å². The van der Waals surface area contributed by atoms with Crippen molar-refractivity contribution in [3.8, 4) is 0 Å². The van der Waals surface area contributed by atoms with E-state index in [1.54, 1.807) is 20.8 Å². The van der Waals surface area contributed by atoms with Crippen LogP contribution in [0.1, 0.15) is 52.5 Å². The van der Waals surface area contributed by atoms with E-state index in [9.17, 15) is 13.6 Å². The molecule has 0 spiro atoms. The maximum absolute atomic E-state index is 13.5. The van der Waals surface area contributed by atoms with E-state index in [1.165, 1.54) is 4.90 Å². The van der Waals surface area contributed by atoms with E-state index in [-0.39, 0.29) is 6.54 Å². The van der Waals surface area contributed by atoms with Crippen LogP contribution >= 0.6 is 15.9 Å². The second kappa shape index (κ2) is 8.62. The van der Waals surface area contributed by atoms with Crippen molar-refractivity contribution in [3.63, 3.8) is 0 Å². The molecule has 0 saturated carbocycles. The Balaban J connectivity index is 2.91. The Hall–Kier alpha value is -1.17. The number of amides is 1. The molecule has 1 rings (SSSR count). The SMILES string of the molecule is CCCCCN(Cc1cc(F)c(F)cc1Br)C(=O)OC(C)(C)C. The highest BCUT2D eigenvalue weighted by Gasteiger charge is 2.23. The predicted molar refractivity (Wildman–Crippen MR) is 90.2 cm³/mol. The van der Waals surface area contributed by atoms with Gasteiger partial charge in [0.25, 0.3) is 0 Å². The van der Waals surface area contributed by atoms with Gasteiger partial charge in [0, 0.05) is 11.0 Å². The van der Waals surface area contributed by atoms with E-state index < -0.39 is 23.3 Å². The maximum atomic E-state index is 13.5. The molecule has 6 heteroatoms. The minimum absolute atomic E-state index is 0.163. The van der Waals surface area contributed by atoms with E-state index >= 15 is 0 Å². The number of ether oxygens (including phenoxy) is 1. The summed E-state index contributed by atoms with van der Waals surface area (Å²) in [4.78, 5) is 13.9. The van der Waals surface area contributed by atoms with Gasteiger partial charge in [0.2, 0.25) is 0 Å². The summed E-state index contributed by atoms with van der Waals surface area (Å²) < 4.78 is 32.5. The largest absolute Gasteiger partial charge is 0.444 e. The van der Waals surface area contributed by atoms with Crippen molar-refractivity contribution in [2.45, 2.75) is 59.1 Å². The molecule has 23 heavy (non-hydrogen) atoms. The zero-order valence-electron chi connectivity index (χ0n) is 14.1. The van der Waals surface area contributed by atoms with Crippen molar-refractivity contribution in [1.82, 2.24) is 4.90 Å². The Bertz CT molecular complexity index is 544. The summed E-state index contributed by atoms with van der Waals surface area (Å²) >= 11 is 3.22. The van der Waals surface area contributed by atoms with Crippen LogP contribution in [0.15, 0.2) is 16.6 Å². The van der Waals surface area contributed by atoms with Crippen molar-refractivity contribution < 1.29 is 18.3 Å². The highest BCUT2D eigenvalue weighted by molar-refractivity contribution is 9.10. The van der Waals surface area contributed by atoms with Crippen molar-refractivity contribution in [2.75, 3.05) is 6.54 Å². The van der Waals surface area contributed by atoms with Gasteiger partial charge >= 0.3 is 6.09 Å². The topological polar surface area (TPSA) is 29.5 Å². The highest BCUT2D eigenvalue weighted by Crippen LogP contribution is 2.23. The molecule has 1 amide bonds. The zero-order valence-corrected chi connectivity index (χ0v) is 15.7. The average Bonchev–Trinajstić information content (AvgIpc) is 2.41. The first-order chi connectivity index (χ1) is 10.6. The van der Waals surface area contributed by atoms with E-state index in [4.69, 9.17) is 4.74 Å². The molecule has 130 valence electrons. The number of carbonyl (C=O) groups excluding carboxylic acids is 1. The Kier molecular flexibility index (Phi) is 7.45. The lowest BCUT2D eigenvalue weighted by Gasteiger charge is -2.28. The molecule has 0 radical (unpaired) electrons. The van der Waals surface area contributed by atoms with E-state index in [0.29, 0.717) is 16.6 Å². The molecule has 1 aromatic rings. The third-order valence-electron chi connectivity index (χ3n) is 3.13. The van der Waals surface area contributed by atoms with Crippen molar-refractivity contribution in [2.24, 2.45) is 0 Å².